The molecule has 0 aromatic carbocycles. The van der Waals surface area contributed by atoms with E-state index < -0.39 is 0 Å². The molecule has 2 nitrogen and oxygen atoms in total. The van der Waals surface area contributed by atoms with E-state index in [2.05, 4.69) is 25.3 Å². The lowest BCUT2D eigenvalue weighted by atomic mass is 11.3. The van der Waals surface area contributed by atoms with Crippen molar-refractivity contribution in [1.82, 2.24) is 4.37 Å². The lowest BCUT2D eigenvalue weighted by Gasteiger charge is -1.49. The number of rotatable bonds is 0. The molecule has 0 atom stereocenters. The number of hydrogen-bond acceptors (Lipinski definition) is 2. The summed E-state index contributed by atoms with van der Waals surface area (Å²) in [6, 6.07) is 0. The van der Waals surface area contributed by atoms with Gasteiger partial charge >= 0.3 is 4.73 Å². The third-order valence-corrected chi connectivity index (χ3v) is 1.52. The van der Waals surface area contributed by atoms with Crippen LogP contribution in [0.15, 0.2) is 10.2 Å². The summed E-state index contributed by atoms with van der Waals surface area (Å²) in [6.45, 7) is 0. The minimum Gasteiger partial charge on any atom is -0.225 e. The molecule has 32 valence electrons. The van der Waals surface area contributed by atoms with E-state index in [4.69, 9.17) is 0 Å². The lowest BCUT2D eigenvalue weighted by molar-refractivity contribution is -0.388. The molecular formula is C2H2BrN2S+. The summed E-state index contributed by atoms with van der Waals surface area (Å²) >= 11 is 4.51. The summed E-state index contributed by atoms with van der Waals surface area (Å²) in [5.74, 6) is 0. The highest BCUT2D eigenvalue weighted by atomic mass is 79.9. The summed E-state index contributed by atoms with van der Waals surface area (Å²) in [5, 5.41) is 0. The largest absolute Gasteiger partial charge is 0.379 e. The van der Waals surface area contributed by atoms with E-state index in [1.807, 2.05) is 0 Å². The van der Waals surface area contributed by atoms with Crippen LogP contribution in [0.2, 0.25) is 0 Å². The zero-order valence-corrected chi connectivity index (χ0v) is 5.21. The molecule has 0 fully saturated rings. The minimum atomic E-state index is 0.799. The molecule has 0 aliphatic rings. The molecule has 0 bridgehead atoms. The van der Waals surface area contributed by atoms with Crippen molar-refractivity contribution >= 4 is 27.5 Å². The third-order valence-electron chi connectivity index (χ3n) is 0.364. The van der Waals surface area contributed by atoms with E-state index in [0.29, 0.717) is 0 Å². The van der Waals surface area contributed by atoms with Gasteiger partial charge in [-0.05, 0) is 0 Å². The van der Waals surface area contributed by atoms with Gasteiger partial charge in [-0.1, -0.05) is 0 Å². The maximum Gasteiger partial charge on any atom is 0.379 e. The first kappa shape index (κ1) is 4.21. The second kappa shape index (κ2) is 1.66. The maximum absolute atomic E-state index is 3.82. The van der Waals surface area contributed by atoms with Crippen LogP contribution in [0.1, 0.15) is 0 Å². The summed E-state index contributed by atoms with van der Waals surface area (Å²) in [6.07, 6.45) is 0. The number of halogens is 1. The molecule has 4 heteroatoms. The van der Waals surface area contributed by atoms with Crippen LogP contribution in [0.3, 0.4) is 0 Å². The second-order valence-corrected chi connectivity index (χ2v) is 2.13. The van der Waals surface area contributed by atoms with Crippen molar-refractivity contribution in [1.29, 1.82) is 0 Å². The Labute approximate surface area is 47.5 Å². The topological polar surface area (TPSA) is 27.0 Å². The molecule has 0 radical (unpaired) electrons. The molecule has 0 amide bonds. The summed E-state index contributed by atoms with van der Waals surface area (Å²) in [5.41, 5.74) is 1.80. The number of hydrogen-bond donors (Lipinski definition) is 0. The van der Waals surface area contributed by atoms with Crippen molar-refractivity contribution in [2.24, 2.45) is 0 Å². The van der Waals surface area contributed by atoms with Crippen LogP contribution in [-0.2, 0) is 0 Å². The van der Waals surface area contributed by atoms with Crippen molar-refractivity contribution in [2.45, 2.75) is 0 Å². The molecule has 6 heavy (non-hydrogen) atoms. The molecule has 1 N–H and O–H groups in total. The first-order valence-corrected chi connectivity index (χ1v) is 3.00. The normalized spacial score (nSPS) is 8.83. The van der Waals surface area contributed by atoms with Crippen LogP contribution in [0.25, 0.3) is 0 Å². The molecule has 0 aliphatic heterocycles. The number of nitrogens with zero attached hydrogens (tertiary/aromatic N) is 1. The van der Waals surface area contributed by atoms with E-state index >= 15 is 0 Å². The minimum absolute atomic E-state index is 0.799. The SMILES string of the molecule is Brc1nsc[nH+]1. The average molecular weight is 166 g/mol. The molecular weight excluding hydrogens is 164 g/mol. The van der Waals surface area contributed by atoms with Crippen LogP contribution < -0.4 is 4.98 Å². The summed E-state index contributed by atoms with van der Waals surface area (Å²) in [4.78, 5) is 2.82. The van der Waals surface area contributed by atoms with Gasteiger partial charge in [0.05, 0.1) is 15.9 Å². The smallest absolute Gasteiger partial charge is 0.225 e. The first-order valence-electron chi connectivity index (χ1n) is 1.37. The standard InChI is InChI=1S/C2HBrN2S/c3-2-4-1-6-5-2/h1H/p+1. The van der Waals surface area contributed by atoms with E-state index in [1.165, 1.54) is 11.5 Å². The number of H-pyrrole nitrogens is 1. The fourth-order valence-corrected chi connectivity index (χ4v) is 1.05. The van der Waals surface area contributed by atoms with Crippen LogP contribution in [0.4, 0.5) is 0 Å². The quantitative estimate of drug-likeness (QED) is 0.557. The van der Waals surface area contributed by atoms with Crippen LogP contribution in [0.5, 0.6) is 0 Å². The molecule has 1 heterocycles. The number of nitrogens with one attached hydrogen (secondary N) is 1. The van der Waals surface area contributed by atoms with Crippen molar-refractivity contribution in [3.8, 4) is 0 Å². The third kappa shape index (κ3) is 0.753. The van der Waals surface area contributed by atoms with Gasteiger partial charge in [-0.25, -0.2) is 4.98 Å². The Morgan fingerprint density at radius 2 is 2.83 bits per heavy atom. The second-order valence-electron chi connectivity index (χ2n) is 0.750. The predicted octanol–water partition coefficient (Wildman–Crippen LogP) is 0.720. The van der Waals surface area contributed by atoms with Crippen molar-refractivity contribution in [2.75, 3.05) is 0 Å². The Hall–Kier alpha value is 0.0400. The molecule has 0 saturated heterocycles. The van der Waals surface area contributed by atoms with E-state index in [0.717, 1.165) is 4.73 Å². The van der Waals surface area contributed by atoms with E-state index in [9.17, 15) is 0 Å². The van der Waals surface area contributed by atoms with Crippen LogP contribution >= 0.6 is 27.5 Å². The molecule has 1 aromatic heterocycles. The highest BCUT2D eigenvalue weighted by Crippen LogP contribution is 1.94. The van der Waals surface area contributed by atoms with Gasteiger partial charge in [-0.15, -0.1) is 0 Å². The Morgan fingerprint density at radius 3 is 3.00 bits per heavy atom. The van der Waals surface area contributed by atoms with Crippen LogP contribution in [-0.4, -0.2) is 4.37 Å². The summed E-state index contributed by atoms with van der Waals surface area (Å²) < 4.78 is 4.62. The zero-order chi connectivity index (χ0) is 4.41. The fourth-order valence-electron chi connectivity index (χ4n) is 0.174. The van der Waals surface area contributed by atoms with E-state index in [-0.39, 0.29) is 0 Å². The van der Waals surface area contributed by atoms with E-state index in [1.54, 1.807) is 5.51 Å². The number of aromatic amines is 1. The lowest BCUT2D eigenvalue weighted by Crippen LogP contribution is -1.93. The number of aromatic nitrogens is 2. The van der Waals surface area contributed by atoms with Crippen molar-refractivity contribution < 1.29 is 4.98 Å². The van der Waals surface area contributed by atoms with Gasteiger partial charge in [0.25, 0.3) is 0 Å². The highest BCUT2D eigenvalue weighted by molar-refractivity contribution is 9.10. The molecule has 0 aliphatic carbocycles. The zero-order valence-electron chi connectivity index (χ0n) is 2.81. The molecule has 0 saturated carbocycles. The van der Waals surface area contributed by atoms with Gasteiger partial charge in [-0.3, -0.25) is 0 Å². The Morgan fingerprint density at radius 1 is 2.00 bits per heavy atom. The van der Waals surface area contributed by atoms with Gasteiger partial charge in [0.2, 0.25) is 0 Å². The van der Waals surface area contributed by atoms with Crippen LogP contribution in [0, 0.1) is 0 Å². The van der Waals surface area contributed by atoms with Crippen molar-refractivity contribution in [3.63, 3.8) is 0 Å². The molecule has 1 aromatic rings. The Balaban J connectivity index is 3.05. The molecule has 1 rings (SSSR count). The average Bonchev–Trinajstić information content (AvgIpc) is 1.86. The molecule has 0 spiro atoms. The summed E-state index contributed by atoms with van der Waals surface area (Å²) in [7, 11) is 0. The first-order chi connectivity index (χ1) is 2.89. The Bertz CT molecular complexity index is 115. The van der Waals surface area contributed by atoms with Gasteiger partial charge in [0.1, 0.15) is 11.5 Å². The maximum atomic E-state index is 3.82. The fraction of sp³-hybridized carbons (Fsp3) is 0. The van der Waals surface area contributed by atoms with Crippen molar-refractivity contribution in [3.05, 3.63) is 10.2 Å². The van der Waals surface area contributed by atoms with Gasteiger partial charge in [0, 0.05) is 4.37 Å². The predicted molar refractivity (Wildman–Crippen MR) is 26.4 cm³/mol. The molecule has 0 unspecified atom stereocenters. The van der Waals surface area contributed by atoms with Gasteiger partial charge in [-0.2, -0.15) is 0 Å². The monoisotopic (exact) mass is 165 g/mol. The van der Waals surface area contributed by atoms with Gasteiger partial charge in [0.15, 0.2) is 5.51 Å². The van der Waals surface area contributed by atoms with Gasteiger partial charge < -0.3 is 0 Å². The highest BCUT2D eigenvalue weighted by Gasteiger charge is 1.93. The Kier molecular flexibility index (Phi) is 1.16.